The number of benzene rings is 2. The van der Waals surface area contributed by atoms with Gasteiger partial charge < -0.3 is 20.9 Å². The fourth-order valence-corrected chi connectivity index (χ4v) is 4.10. The van der Waals surface area contributed by atoms with E-state index in [1.807, 2.05) is 31.2 Å². The van der Waals surface area contributed by atoms with E-state index in [1.54, 1.807) is 51.1 Å². The maximum atomic E-state index is 13.6. The highest BCUT2D eigenvalue weighted by Crippen LogP contribution is 2.30. The first kappa shape index (κ1) is 22.3. The number of aromatic nitrogens is 2. The molecule has 10 heteroatoms. The van der Waals surface area contributed by atoms with E-state index in [2.05, 4.69) is 10.4 Å². The number of nitrogens with zero attached hydrogens (tertiary/aromatic N) is 4. The summed E-state index contributed by atoms with van der Waals surface area (Å²) in [7, 11) is 0. The smallest absolute Gasteiger partial charge is 0.318 e. The van der Waals surface area contributed by atoms with Crippen LogP contribution < -0.4 is 16.0 Å². The second-order valence-corrected chi connectivity index (χ2v) is 8.17. The van der Waals surface area contributed by atoms with E-state index in [9.17, 15) is 14.4 Å². The molecule has 9 nitrogen and oxygen atoms in total. The molecule has 2 heterocycles. The molecule has 0 saturated carbocycles. The van der Waals surface area contributed by atoms with Crippen LogP contribution in [0.25, 0.3) is 5.69 Å². The maximum Gasteiger partial charge on any atom is 0.318 e. The van der Waals surface area contributed by atoms with Gasteiger partial charge in [-0.2, -0.15) is 5.10 Å². The lowest BCUT2D eigenvalue weighted by Crippen LogP contribution is -2.49. The Hall–Kier alpha value is -3.85. The number of carbonyl (C=O) groups excluding carboxylic acids is 3. The molecular weight excluding hydrogens is 444 g/mol. The number of hydrogen-bond acceptors (Lipinski definition) is 4. The van der Waals surface area contributed by atoms with Crippen molar-refractivity contribution in [3.63, 3.8) is 0 Å². The van der Waals surface area contributed by atoms with Crippen molar-refractivity contribution in [2.45, 2.75) is 19.5 Å². The van der Waals surface area contributed by atoms with Gasteiger partial charge in [0.15, 0.2) is 0 Å². The lowest BCUT2D eigenvalue weighted by Gasteiger charge is -2.29. The molecule has 4 rings (SSSR count). The highest BCUT2D eigenvalue weighted by molar-refractivity contribution is 6.33. The van der Waals surface area contributed by atoms with E-state index in [0.717, 1.165) is 5.56 Å². The molecule has 1 aromatic heterocycles. The van der Waals surface area contributed by atoms with Crippen molar-refractivity contribution in [3.8, 4) is 5.69 Å². The minimum absolute atomic E-state index is 0.234. The van der Waals surface area contributed by atoms with Gasteiger partial charge in [0, 0.05) is 42.8 Å². The molecule has 1 atom stereocenters. The molecule has 170 valence electrons. The van der Waals surface area contributed by atoms with Crippen LogP contribution in [0.1, 0.15) is 22.8 Å². The van der Waals surface area contributed by atoms with Crippen LogP contribution in [0.5, 0.6) is 0 Å². The summed E-state index contributed by atoms with van der Waals surface area (Å²) in [6.45, 7) is 2.14. The zero-order valence-electron chi connectivity index (χ0n) is 17.9. The summed E-state index contributed by atoms with van der Waals surface area (Å²) in [5.74, 6) is -0.860. The van der Waals surface area contributed by atoms with Crippen LogP contribution in [-0.4, -0.2) is 51.7 Å². The highest BCUT2D eigenvalue weighted by atomic mass is 35.5. The Kier molecular flexibility index (Phi) is 6.32. The third-order valence-electron chi connectivity index (χ3n) is 5.47. The number of nitrogens with two attached hydrogens (primary N) is 1. The second-order valence-electron chi connectivity index (χ2n) is 7.76. The van der Waals surface area contributed by atoms with E-state index in [-0.39, 0.29) is 31.6 Å². The molecule has 33 heavy (non-hydrogen) atoms. The van der Waals surface area contributed by atoms with E-state index < -0.39 is 11.9 Å². The van der Waals surface area contributed by atoms with E-state index in [1.165, 1.54) is 0 Å². The number of rotatable bonds is 4. The van der Waals surface area contributed by atoms with Gasteiger partial charge in [0.2, 0.25) is 5.91 Å². The average molecular weight is 467 g/mol. The number of anilines is 1. The Morgan fingerprint density at radius 1 is 1.15 bits per heavy atom. The molecule has 0 spiro atoms. The Bertz CT molecular complexity index is 1200. The van der Waals surface area contributed by atoms with Crippen molar-refractivity contribution in [1.29, 1.82) is 0 Å². The molecule has 0 bridgehead atoms. The highest BCUT2D eigenvalue weighted by Gasteiger charge is 2.31. The average Bonchev–Trinajstić information content (AvgIpc) is 3.28. The zero-order chi connectivity index (χ0) is 23.5. The van der Waals surface area contributed by atoms with Crippen molar-refractivity contribution < 1.29 is 14.4 Å². The summed E-state index contributed by atoms with van der Waals surface area (Å²) >= 11 is 6.46. The quantitative estimate of drug-likeness (QED) is 0.615. The van der Waals surface area contributed by atoms with Crippen molar-refractivity contribution in [2.75, 3.05) is 18.0 Å². The van der Waals surface area contributed by atoms with Gasteiger partial charge in [0.05, 0.1) is 17.3 Å². The number of halogens is 1. The van der Waals surface area contributed by atoms with Gasteiger partial charge in [-0.15, -0.1) is 0 Å². The van der Waals surface area contributed by atoms with Crippen molar-refractivity contribution in [3.05, 3.63) is 77.1 Å². The zero-order valence-corrected chi connectivity index (χ0v) is 18.7. The van der Waals surface area contributed by atoms with Gasteiger partial charge in [-0.3, -0.25) is 9.59 Å². The monoisotopic (exact) mass is 466 g/mol. The number of urea groups is 1. The van der Waals surface area contributed by atoms with Gasteiger partial charge in [-0.05, 0) is 42.8 Å². The molecule has 0 radical (unpaired) electrons. The standard InChI is InChI=1S/C23H23ClN6O3/c1-15-13-29(22(32)16-7-8-20(18(24)11-16)30-10-4-9-27-30)19-6-3-2-5-17(19)14-28(15)23(33)26-12-21(25)31/h2-11,15H,12-14H2,1H3,(H2,25,31)(H,26,33)/t15-/m1/s1. The molecule has 0 aliphatic carbocycles. The molecule has 0 unspecified atom stereocenters. The third-order valence-corrected chi connectivity index (χ3v) is 5.77. The predicted octanol–water partition coefficient (Wildman–Crippen LogP) is 2.57. The van der Waals surface area contributed by atoms with Gasteiger partial charge in [0.1, 0.15) is 0 Å². The summed E-state index contributed by atoms with van der Waals surface area (Å²) in [5.41, 5.74) is 7.76. The van der Waals surface area contributed by atoms with E-state index >= 15 is 0 Å². The van der Waals surface area contributed by atoms with E-state index in [4.69, 9.17) is 17.3 Å². The summed E-state index contributed by atoms with van der Waals surface area (Å²) in [5, 5.41) is 7.10. The number of para-hydroxylation sites is 1. The summed E-state index contributed by atoms with van der Waals surface area (Å²) in [6.07, 6.45) is 3.42. The Labute approximate surface area is 195 Å². The number of nitrogens with one attached hydrogen (secondary N) is 1. The van der Waals surface area contributed by atoms with E-state index in [0.29, 0.717) is 22.0 Å². The first-order valence-electron chi connectivity index (χ1n) is 10.4. The molecule has 1 aliphatic heterocycles. The van der Waals surface area contributed by atoms with Crippen molar-refractivity contribution >= 4 is 35.1 Å². The molecule has 3 N–H and O–H groups in total. The van der Waals surface area contributed by atoms with Crippen LogP contribution in [0, 0.1) is 0 Å². The Morgan fingerprint density at radius 2 is 1.94 bits per heavy atom. The number of hydrogen-bond donors (Lipinski definition) is 2. The third kappa shape index (κ3) is 4.68. The molecule has 0 saturated heterocycles. The van der Waals surface area contributed by atoms with Crippen LogP contribution in [0.3, 0.4) is 0 Å². The minimum atomic E-state index is -0.626. The largest absolute Gasteiger partial charge is 0.368 e. The van der Waals surface area contributed by atoms with Crippen molar-refractivity contribution in [1.82, 2.24) is 20.0 Å². The predicted molar refractivity (Wildman–Crippen MR) is 124 cm³/mol. The van der Waals surface area contributed by atoms with Crippen LogP contribution in [0.4, 0.5) is 10.5 Å². The Balaban J connectivity index is 1.64. The van der Waals surface area contributed by atoms with Crippen LogP contribution >= 0.6 is 11.6 Å². The number of fused-ring (bicyclic) bond motifs is 1. The lowest BCUT2D eigenvalue weighted by molar-refractivity contribution is -0.117. The summed E-state index contributed by atoms with van der Waals surface area (Å²) in [4.78, 5) is 40.6. The first-order chi connectivity index (χ1) is 15.8. The molecule has 4 amide bonds. The summed E-state index contributed by atoms with van der Waals surface area (Å²) in [6, 6.07) is 13.5. The topological polar surface area (TPSA) is 114 Å². The Morgan fingerprint density at radius 3 is 2.64 bits per heavy atom. The first-order valence-corrected chi connectivity index (χ1v) is 10.7. The number of amides is 4. The van der Waals surface area contributed by atoms with Gasteiger partial charge in [0.25, 0.3) is 5.91 Å². The SMILES string of the molecule is C[C@@H]1CN(C(=O)c2ccc(-n3cccn3)c(Cl)c2)c2ccccc2CN1C(=O)NCC(N)=O. The van der Waals surface area contributed by atoms with Crippen LogP contribution in [0.15, 0.2) is 60.9 Å². The van der Waals surface area contributed by atoms with Gasteiger partial charge >= 0.3 is 6.03 Å². The van der Waals surface area contributed by atoms with Crippen LogP contribution in [0.2, 0.25) is 5.02 Å². The normalized spacial score (nSPS) is 15.5. The van der Waals surface area contributed by atoms with Crippen LogP contribution in [-0.2, 0) is 11.3 Å². The second kappa shape index (κ2) is 9.33. The molecule has 0 fully saturated rings. The number of primary amides is 1. The fraction of sp³-hybridized carbons (Fsp3) is 0.217. The molecular formula is C23H23ClN6O3. The number of carbonyl (C=O) groups is 3. The fourth-order valence-electron chi connectivity index (χ4n) is 3.83. The molecule has 1 aliphatic rings. The maximum absolute atomic E-state index is 13.6. The lowest BCUT2D eigenvalue weighted by atomic mass is 10.1. The summed E-state index contributed by atoms with van der Waals surface area (Å²) < 4.78 is 1.63. The minimum Gasteiger partial charge on any atom is -0.368 e. The van der Waals surface area contributed by atoms with Crippen molar-refractivity contribution in [2.24, 2.45) is 5.73 Å². The molecule has 2 aromatic carbocycles. The van der Waals surface area contributed by atoms with Gasteiger partial charge in [-0.1, -0.05) is 29.8 Å². The molecule has 3 aromatic rings. The van der Waals surface area contributed by atoms with Gasteiger partial charge in [-0.25, -0.2) is 9.48 Å².